The summed E-state index contributed by atoms with van der Waals surface area (Å²) in [5, 5.41) is 19.0. The minimum atomic E-state index is 0.181. The second-order valence-electron chi connectivity index (χ2n) is 5.25. The van der Waals surface area contributed by atoms with E-state index < -0.39 is 0 Å². The van der Waals surface area contributed by atoms with Crippen LogP contribution in [-0.4, -0.2) is 30.1 Å². The molecule has 0 atom stereocenters. The summed E-state index contributed by atoms with van der Waals surface area (Å²) in [6.07, 6.45) is 3.04. The number of phenols is 2. The molecule has 0 saturated carbocycles. The molecule has 0 fully saturated rings. The SMILES string of the molecule is Oc1ccc(-c2nc3cncnc3nc2-c2ccc(O)cc2)cc1. The van der Waals surface area contributed by atoms with Crippen LogP contribution in [0.2, 0.25) is 0 Å². The first kappa shape index (κ1) is 14.1. The van der Waals surface area contributed by atoms with Gasteiger partial charge >= 0.3 is 0 Å². The van der Waals surface area contributed by atoms with Gasteiger partial charge in [0.25, 0.3) is 0 Å². The van der Waals surface area contributed by atoms with Gasteiger partial charge in [-0.05, 0) is 48.5 Å². The molecule has 0 aliphatic carbocycles. The average Bonchev–Trinajstić information content (AvgIpc) is 2.62. The van der Waals surface area contributed by atoms with Crippen molar-refractivity contribution in [3.63, 3.8) is 0 Å². The Labute approximate surface area is 137 Å². The molecule has 6 heteroatoms. The topological polar surface area (TPSA) is 92.0 Å². The van der Waals surface area contributed by atoms with Crippen LogP contribution in [0.5, 0.6) is 11.5 Å². The molecule has 2 heterocycles. The number of benzene rings is 2. The number of fused-ring (bicyclic) bond motifs is 1. The minimum absolute atomic E-state index is 0.181. The Morgan fingerprint density at radius 2 is 1.21 bits per heavy atom. The van der Waals surface area contributed by atoms with Gasteiger partial charge in [0.15, 0.2) is 5.65 Å². The van der Waals surface area contributed by atoms with Gasteiger partial charge in [-0.2, -0.15) is 0 Å². The smallest absolute Gasteiger partial charge is 0.181 e. The Kier molecular flexibility index (Phi) is 3.28. The van der Waals surface area contributed by atoms with Gasteiger partial charge in [-0.15, -0.1) is 0 Å². The maximum absolute atomic E-state index is 9.51. The fraction of sp³-hybridized carbons (Fsp3) is 0. The second kappa shape index (κ2) is 5.58. The van der Waals surface area contributed by atoms with Crippen LogP contribution in [0.25, 0.3) is 33.7 Å². The summed E-state index contributed by atoms with van der Waals surface area (Å²) in [5.74, 6) is 0.364. The lowest BCUT2D eigenvalue weighted by atomic mass is 10.0. The van der Waals surface area contributed by atoms with Crippen molar-refractivity contribution in [2.75, 3.05) is 0 Å². The largest absolute Gasteiger partial charge is 0.508 e. The summed E-state index contributed by atoms with van der Waals surface area (Å²) < 4.78 is 0. The van der Waals surface area contributed by atoms with Crippen LogP contribution in [0.4, 0.5) is 0 Å². The molecular formula is C18H12N4O2. The zero-order valence-electron chi connectivity index (χ0n) is 12.5. The molecule has 0 saturated heterocycles. The Hall–Kier alpha value is -3.54. The van der Waals surface area contributed by atoms with Crippen LogP contribution < -0.4 is 0 Å². The van der Waals surface area contributed by atoms with Crippen molar-refractivity contribution in [2.24, 2.45) is 0 Å². The summed E-state index contributed by atoms with van der Waals surface area (Å²) in [6, 6.07) is 13.5. The van der Waals surface area contributed by atoms with E-state index in [1.165, 1.54) is 6.33 Å². The molecule has 4 aromatic rings. The van der Waals surface area contributed by atoms with E-state index in [9.17, 15) is 10.2 Å². The molecule has 6 nitrogen and oxygen atoms in total. The van der Waals surface area contributed by atoms with E-state index in [1.807, 2.05) is 0 Å². The molecule has 2 N–H and O–H groups in total. The van der Waals surface area contributed by atoms with Gasteiger partial charge in [-0.25, -0.2) is 19.9 Å². The van der Waals surface area contributed by atoms with E-state index in [-0.39, 0.29) is 11.5 Å². The summed E-state index contributed by atoms with van der Waals surface area (Å²) in [4.78, 5) is 17.4. The highest BCUT2D eigenvalue weighted by Gasteiger charge is 2.14. The molecule has 2 aromatic carbocycles. The lowest BCUT2D eigenvalue weighted by Crippen LogP contribution is -1.97. The number of aromatic hydroxyl groups is 2. The predicted molar refractivity (Wildman–Crippen MR) is 89.3 cm³/mol. The molecule has 24 heavy (non-hydrogen) atoms. The number of rotatable bonds is 2. The van der Waals surface area contributed by atoms with Gasteiger partial charge in [-0.3, -0.25) is 0 Å². The monoisotopic (exact) mass is 316 g/mol. The summed E-state index contributed by atoms with van der Waals surface area (Å²) in [6.45, 7) is 0. The number of nitrogens with zero attached hydrogens (tertiary/aromatic N) is 4. The van der Waals surface area contributed by atoms with Gasteiger partial charge in [-0.1, -0.05) is 0 Å². The second-order valence-corrected chi connectivity index (χ2v) is 5.25. The zero-order valence-corrected chi connectivity index (χ0v) is 12.5. The first-order chi connectivity index (χ1) is 11.7. The third kappa shape index (κ3) is 2.50. The van der Waals surface area contributed by atoms with Crippen LogP contribution in [0.15, 0.2) is 61.1 Å². The fourth-order valence-corrected chi connectivity index (χ4v) is 2.45. The Balaban J connectivity index is 2.00. The third-order valence-corrected chi connectivity index (χ3v) is 3.63. The van der Waals surface area contributed by atoms with E-state index in [0.717, 1.165) is 11.1 Å². The minimum Gasteiger partial charge on any atom is -0.508 e. The van der Waals surface area contributed by atoms with E-state index in [1.54, 1.807) is 54.7 Å². The Morgan fingerprint density at radius 3 is 1.79 bits per heavy atom. The van der Waals surface area contributed by atoms with Gasteiger partial charge in [0, 0.05) is 11.1 Å². The zero-order chi connectivity index (χ0) is 16.5. The van der Waals surface area contributed by atoms with Crippen molar-refractivity contribution < 1.29 is 10.2 Å². The molecule has 0 spiro atoms. The van der Waals surface area contributed by atoms with Crippen LogP contribution in [0.3, 0.4) is 0 Å². The normalized spacial score (nSPS) is 10.8. The highest BCUT2D eigenvalue weighted by Crippen LogP contribution is 2.31. The van der Waals surface area contributed by atoms with E-state index in [2.05, 4.69) is 19.9 Å². The number of phenolic OH excluding ortho intramolecular Hbond substituents is 2. The number of aromatic nitrogens is 4. The third-order valence-electron chi connectivity index (χ3n) is 3.63. The van der Waals surface area contributed by atoms with Crippen LogP contribution in [0, 0.1) is 0 Å². The summed E-state index contributed by atoms with van der Waals surface area (Å²) >= 11 is 0. The van der Waals surface area contributed by atoms with Gasteiger partial charge in [0.2, 0.25) is 0 Å². The fourth-order valence-electron chi connectivity index (χ4n) is 2.45. The van der Waals surface area contributed by atoms with Crippen molar-refractivity contribution >= 4 is 11.2 Å². The molecule has 2 aromatic heterocycles. The van der Waals surface area contributed by atoms with Crippen molar-refractivity contribution in [3.8, 4) is 34.0 Å². The number of hydrogen-bond donors (Lipinski definition) is 2. The van der Waals surface area contributed by atoms with E-state index in [4.69, 9.17) is 0 Å². The van der Waals surface area contributed by atoms with Crippen molar-refractivity contribution in [3.05, 3.63) is 61.1 Å². The van der Waals surface area contributed by atoms with Crippen LogP contribution in [-0.2, 0) is 0 Å². The maximum atomic E-state index is 9.51. The average molecular weight is 316 g/mol. The molecule has 116 valence electrons. The summed E-state index contributed by atoms with van der Waals surface area (Å²) in [5.41, 5.74) is 4.01. The molecule has 0 bridgehead atoms. The van der Waals surface area contributed by atoms with Gasteiger partial charge in [0.1, 0.15) is 23.3 Å². The predicted octanol–water partition coefficient (Wildman–Crippen LogP) is 3.17. The van der Waals surface area contributed by atoms with Crippen molar-refractivity contribution in [1.82, 2.24) is 19.9 Å². The highest BCUT2D eigenvalue weighted by atomic mass is 16.3. The van der Waals surface area contributed by atoms with Gasteiger partial charge < -0.3 is 10.2 Å². The number of hydrogen-bond acceptors (Lipinski definition) is 6. The molecule has 0 aliphatic heterocycles. The molecule has 4 rings (SSSR count). The molecule has 0 aliphatic rings. The quantitative estimate of drug-likeness (QED) is 0.590. The van der Waals surface area contributed by atoms with Crippen molar-refractivity contribution in [1.29, 1.82) is 0 Å². The molecular weight excluding hydrogens is 304 g/mol. The molecule has 0 unspecified atom stereocenters. The highest BCUT2D eigenvalue weighted by molar-refractivity contribution is 5.84. The lowest BCUT2D eigenvalue weighted by Gasteiger charge is -2.10. The van der Waals surface area contributed by atoms with Crippen LogP contribution in [0.1, 0.15) is 0 Å². The van der Waals surface area contributed by atoms with E-state index >= 15 is 0 Å². The van der Waals surface area contributed by atoms with E-state index in [0.29, 0.717) is 22.6 Å². The summed E-state index contributed by atoms with van der Waals surface area (Å²) in [7, 11) is 0. The standard InChI is InChI=1S/C18H12N4O2/c23-13-5-1-11(2-6-13)16-17(12-3-7-14(24)8-4-12)22-18-15(21-16)9-19-10-20-18/h1-10,23-24H. The maximum Gasteiger partial charge on any atom is 0.181 e. The molecule has 0 amide bonds. The van der Waals surface area contributed by atoms with Crippen molar-refractivity contribution in [2.45, 2.75) is 0 Å². The van der Waals surface area contributed by atoms with Gasteiger partial charge in [0.05, 0.1) is 17.6 Å². The first-order valence-electron chi connectivity index (χ1n) is 7.27. The first-order valence-corrected chi connectivity index (χ1v) is 7.27. The van der Waals surface area contributed by atoms with Crippen LogP contribution >= 0.6 is 0 Å². The Morgan fingerprint density at radius 1 is 0.667 bits per heavy atom. The lowest BCUT2D eigenvalue weighted by molar-refractivity contribution is 0.475. The molecule has 0 radical (unpaired) electrons. The Bertz CT molecular complexity index is 931.